The second-order valence-electron chi connectivity index (χ2n) is 6.16. The predicted molar refractivity (Wildman–Crippen MR) is 80.1 cm³/mol. The second kappa shape index (κ2) is 8.87. The van der Waals surface area contributed by atoms with Crippen LogP contribution in [0.15, 0.2) is 0 Å². The number of carbonyl (C=O) groups is 2. The van der Waals surface area contributed by atoms with Gasteiger partial charge < -0.3 is 20.0 Å². The smallest absolute Gasteiger partial charge is 0.323 e. The van der Waals surface area contributed by atoms with Crippen molar-refractivity contribution in [3.63, 3.8) is 0 Å². The molecule has 21 heavy (non-hydrogen) atoms. The van der Waals surface area contributed by atoms with Crippen molar-refractivity contribution < 1.29 is 19.8 Å². The fourth-order valence-corrected chi connectivity index (χ4v) is 2.93. The summed E-state index contributed by atoms with van der Waals surface area (Å²) in [5.41, 5.74) is 0. The van der Waals surface area contributed by atoms with Crippen LogP contribution in [0.2, 0.25) is 0 Å². The lowest BCUT2D eigenvalue weighted by atomic mass is 9.94. The van der Waals surface area contributed by atoms with Gasteiger partial charge in [0, 0.05) is 19.1 Å². The van der Waals surface area contributed by atoms with Gasteiger partial charge in [0.15, 0.2) is 0 Å². The molecule has 1 rings (SSSR count). The van der Waals surface area contributed by atoms with E-state index in [2.05, 4.69) is 0 Å². The molecule has 0 heterocycles. The molecule has 2 N–H and O–H groups in total. The Labute approximate surface area is 126 Å². The molecule has 1 aliphatic carbocycles. The molecule has 1 aliphatic rings. The van der Waals surface area contributed by atoms with Crippen molar-refractivity contribution in [1.29, 1.82) is 0 Å². The van der Waals surface area contributed by atoms with Crippen LogP contribution in [0.4, 0.5) is 4.79 Å². The Morgan fingerprint density at radius 1 is 1.19 bits per heavy atom. The Bertz CT molecular complexity index is 341. The normalized spacial score (nSPS) is 16.0. The van der Waals surface area contributed by atoms with Crippen molar-refractivity contribution >= 4 is 12.0 Å². The monoisotopic (exact) mass is 300 g/mol. The summed E-state index contributed by atoms with van der Waals surface area (Å²) in [5.74, 6) is -0.799. The summed E-state index contributed by atoms with van der Waals surface area (Å²) in [7, 11) is 0. The van der Waals surface area contributed by atoms with Gasteiger partial charge in [-0.2, -0.15) is 0 Å². The van der Waals surface area contributed by atoms with E-state index in [0.29, 0.717) is 6.54 Å². The predicted octanol–water partition coefficient (Wildman–Crippen LogP) is 1.78. The Morgan fingerprint density at radius 3 is 2.29 bits per heavy atom. The third-order valence-corrected chi connectivity index (χ3v) is 3.78. The minimum absolute atomic E-state index is 0.0924. The van der Waals surface area contributed by atoms with Crippen LogP contribution in [0.3, 0.4) is 0 Å². The van der Waals surface area contributed by atoms with Gasteiger partial charge in [0.1, 0.15) is 6.54 Å². The van der Waals surface area contributed by atoms with E-state index in [4.69, 9.17) is 5.11 Å². The molecule has 0 aromatic rings. The van der Waals surface area contributed by atoms with Gasteiger partial charge in [-0.15, -0.1) is 0 Å². The van der Waals surface area contributed by atoms with Crippen LogP contribution >= 0.6 is 0 Å². The zero-order valence-electron chi connectivity index (χ0n) is 13.1. The number of aliphatic hydroxyl groups is 1. The average Bonchev–Trinajstić information content (AvgIpc) is 2.43. The van der Waals surface area contributed by atoms with E-state index in [9.17, 15) is 14.7 Å². The first-order valence-electron chi connectivity index (χ1n) is 7.84. The van der Waals surface area contributed by atoms with Crippen molar-refractivity contribution in [3.8, 4) is 0 Å². The lowest BCUT2D eigenvalue weighted by Gasteiger charge is -2.37. The lowest BCUT2D eigenvalue weighted by molar-refractivity contribution is -0.137. The van der Waals surface area contributed by atoms with Crippen LogP contribution in [0, 0.1) is 5.92 Å². The quantitative estimate of drug-likeness (QED) is 0.751. The van der Waals surface area contributed by atoms with Crippen molar-refractivity contribution in [2.75, 3.05) is 26.2 Å². The molecule has 2 amide bonds. The number of amides is 2. The number of rotatable bonds is 7. The summed E-state index contributed by atoms with van der Waals surface area (Å²) in [6.07, 6.45) is 5.23. The second-order valence-corrected chi connectivity index (χ2v) is 6.16. The van der Waals surface area contributed by atoms with E-state index in [-0.39, 0.29) is 37.7 Å². The molecule has 0 saturated heterocycles. The highest BCUT2D eigenvalue weighted by Gasteiger charge is 2.29. The zero-order chi connectivity index (χ0) is 15.8. The van der Waals surface area contributed by atoms with Crippen molar-refractivity contribution in [2.24, 2.45) is 5.92 Å². The molecule has 0 aliphatic heterocycles. The van der Waals surface area contributed by atoms with Gasteiger partial charge in [-0.1, -0.05) is 33.1 Å². The first kappa shape index (κ1) is 17.8. The molecule has 122 valence electrons. The zero-order valence-corrected chi connectivity index (χ0v) is 13.1. The largest absolute Gasteiger partial charge is 0.480 e. The molecule has 0 spiro atoms. The third-order valence-electron chi connectivity index (χ3n) is 3.78. The Kier molecular flexibility index (Phi) is 7.50. The van der Waals surface area contributed by atoms with Gasteiger partial charge >= 0.3 is 12.0 Å². The number of carboxylic acids is 1. The highest BCUT2D eigenvalue weighted by molar-refractivity contribution is 5.80. The van der Waals surface area contributed by atoms with E-state index in [0.717, 1.165) is 25.7 Å². The van der Waals surface area contributed by atoms with E-state index in [1.807, 2.05) is 13.8 Å². The summed E-state index contributed by atoms with van der Waals surface area (Å²) in [5, 5.41) is 18.2. The maximum Gasteiger partial charge on any atom is 0.323 e. The van der Waals surface area contributed by atoms with E-state index in [1.165, 1.54) is 11.3 Å². The van der Waals surface area contributed by atoms with E-state index < -0.39 is 5.97 Å². The van der Waals surface area contributed by atoms with Crippen molar-refractivity contribution in [2.45, 2.75) is 52.0 Å². The summed E-state index contributed by atoms with van der Waals surface area (Å²) < 4.78 is 0. The molecule has 6 heteroatoms. The SMILES string of the molecule is CC(C)CN(CC(=O)O)C(=O)N(CCO)C1CCCCC1. The third kappa shape index (κ3) is 5.91. The van der Waals surface area contributed by atoms with Crippen LogP contribution in [0.5, 0.6) is 0 Å². The van der Waals surface area contributed by atoms with Crippen LogP contribution in [0.1, 0.15) is 46.0 Å². The molecule has 0 unspecified atom stereocenters. The number of aliphatic carboxylic acids is 1. The Morgan fingerprint density at radius 2 is 1.81 bits per heavy atom. The van der Waals surface area contributed by atoms with Gasteiger partial charge in [0.25, 0.3) is 0 Å². The number of hydrogen-bond acceptors (Lipinski definition) is 3. The molecule has 0 aromatic heterocycles. The topological polar surface area (TPSA) is 81.1 Å². The van der Waals surface area contributed by atoms with Gasteiger partial charge in [0.05, 0.1) is 6.61 Å². The molecule has 0 atom stereocenters. The van der Waals surface area contributed by atoms with Gasteiger partial charge in [-0.25, -0.2) is 4.79 Å². The Balaban J connectivity index is 2.80. The molecular weight excluding hydrogens is 272 g/mol. The lowest BCUT2D eigenvalue weighted by Crippen LogP contribution is -2.52. The summed E-state index contributed by atoms with van der Waals surface area (Å²) in [6, 6.07) is -0.131. The number of nitrogens with zero attached hydrogens (tertiary/aromatic N) is 2. The summed E-state index contributed by atoms with van der Waals surface area (Å²) in [6.45, 7) is 4.23. The number of hydrogen-bond donors (Lipinski definition) is 2. The van der Waals surface area contributed by atoms with Crippen LogP contribution < -0.4 is 0 Å². The summed E-state index contributed by atoms with van der Waals surface area (Å²) in [4.78, 5) is 26.7. The van der Waals surface area contributed by atoms with Crippen molar-refractivity contribution in [1.82, 2.24) is 9.80 Å². The Hall–Kier alpha value is -1.30. The fourth-order valence-electron chi connectivity index (χ4n) is 2.93. The molecule has 0 bridgehead atoms. The van der Waals surface area contributed by atoms with Crippen LogP contribution in [0.25, 0.3) is 0 Å². The number of urea groups is 1. The minimum atomic E-state index is -1.00. The number of aliphatic hydroxyl groups excluding tert-OH is 1. The van der Waals surface area contributed by atoms with E-state index >= 15 is 0 Å². The maximum atomic E-state index is 12.7. The van der Waals surface area contributed by atoms with Gasteiger partial charge in [0.2, 0.25) is 0 Å². The van der Waals surface area contributed by atoms with Gasteiger partial charge in [-0.05, 0) is 18.8 Å². The number of carbonyl (C=O) groups excluding carboxylic acids is 1. The van der Waals surface area contributed by atoms with Crippen LogP contribution in [-0.2, 0) is 4.79 Å². The molecule has 0 radical (unpaired) electrons. The van der Waals surface area contributed by atoms with E-state index in [1.54, 1.807) is 4.90 Å². The molecule has 1 saturated carbocycles. The average molecular weight is 300 g/mol. The molecule has 0 aromatic carbocycles. The van der Waals surface area contributed by atoms with Crippen molar-refractivity contribution in [3.05, 3.63) is 0 Å². The number of carboxylic acid groups (broad SMARTS) is 1. The fraction of sp³-hybridized carbons (Fsp3) is 0.867. The first-order valence-corrected chi connectivity index (χ1v) is 7.84. The van der Waals surface area contributed by atoms with Gasteiger partial charge in [-0.3, -0.25) is 4.79 Å². The standard InChI is InChI=1S/C15H28N2O4/c1-12(2)10-16(11-14(19)20)15(21)17(8-9-18)13-6-4-3-5-7-13/h12-13,18H,3-11H2,1-2H3,(H,19,20). The molecule has 6 nitrogen and oxygen atoms in total. The minimum Gasteiger partial charge on any atom is -0.480 e. The first-order chi connectivity index (χ1) is 9.95. The van der Waals surface area contributed by atoms with Crippen LogP contribution in [-0.4, -0.2) is 64.3 Å². The molecule has 1 fully saturated rings. The molecular formula is C15H28N2O4. The highest BCUT2D eigenvalue weighted by Crippen LogP contribution is 2.23. The highest BCUT2D eigenvalue weighted by atomic mass is 16.4. The summed E-state index contributed by atoms with van der Waals surface area (Å²) >= 11 is 0. The maximum absolute atomic E-state index is 12.7.